The number of benzene rings is 1. The number of likely N-dealkylation sites (N-methyl/N-ethyl adjacent to an activating group) is 1. The van der Waals surface area contributed by atoms with Crippen LogP contribution in [0.25, 0.3) is 0 Å². The van der Waals surface area contributed by atoms with Gasteiger partial charge in [0.25, 0.3) is 0 Å². The van der Waals surface area contributed by atoms with Crippen LogP contribution < -0.4 is 9.47 Å². The molecule has 1 saturated carbocycles. The van der Waals surface area contributed by atoms with E-state index in [4.69, 9.17) is 9.47 Å². The lowest BCUT2D eigenvalue weighted by molar-refractivity contribution is -0.0993. The fourth-order valence-electron chi connectivity index (χ4n) is 5.86. The van der Waals surface area contributed by atoms with Gasteiger partial charge in [0.05, 0.1) is 13.2 Å². The van der Waals surface area contributed by atoms with E-state index >= 15 is 0 Å². The predicted molar refractivity (Wildman–Crippen MR) is 82.6 cm³/mol. The molecule has 0 aromatic heterocycles. The van der Waals surface area contributed by atoms with Crippen molar-refractivity contribution in [3.8, 4) is 11.5 Å². The highest BCUT2D eigenvalue weighted by atomic mass is 16.5. The quantitative estimate of drug-likeness (QED) is 0.858. The van der Waals surface area contributed by atoms with Crippen LogP contribution in [-0.4, -0.2) is 49.0 Å². The highest BCUT2D eigenvalue weighted by molar-refractivity contribution is 5.61. The first-order valence-electron chi connectivity index (χ1n) is 8.42. The van der Waals surface area contributed by atoms with Crippen LogP contribution in [0.4, 0.5) is 0 Å². The summed E-state index contributed by atoms with van der Waals surface area (Å²) >= 11 is 0. The Morgan fingerprint density at radius 2 is 2.23 bits per heavy atom. The van der Waals surface area contributed by atoms with Crippen LogP contribution in [-0.2, 0) is 11.8 Å². The minimum absolute atomic E-state index is 0.00625. The van der Waals surface area contributed by atoms with Crippen LogP contribution in [0.1, 0.15) is 30.4 Å². The van der Waals surface area contributed by atoms with Crippen LogP contribution in [0.2, 0.25) is 0 Å². The Morgan fingerprint density at radius 3 is 3.05 bits per heavy atom. The van der Waals surface area contributed by atoms with Crippen LogP contribution in [0, 0.1) is 5.92 Å². The standard InChI is InChI=1S/C18H23NO3/c1-19-8-7-18-11-4-5-13(20)17(18)22-16-14(21-2)6-3-10(15(16)18)9-12(11)19/h3,6,11-13,17,20H,4-5,7-9H2,1-2H3/t11?,12?,13-,17-,18-/m0/s1. The zero-order valence-corrected chi connectivity index (χ0v) is 13.2. The molecule has 4 nitrogen and oxygen atoms in total. The number of methoxy groups -OCH3 is 1. The van der Waals surface area contributed by atoms with Crippen molar-refractivity contribution in [1.82, 2.24) is 4.90 Å². The second kappa shape index (κ2) is 4.18. The van der Waals surface area contributed by atoms with Gasteiger partial charge < -0.3 is 19.5 Å². The summed E-state index contributed by atoms with van der Waals surface area (Å²) in [5, 5.41) is 10.6. The van der Waals surface area contributed by atoms with Crippen molar-refractivity contribution in [2.24, 2.45) is 5.92 Å². The van der Waals surface area contributed by atoms with Crippen LogP contribution >= 0.6 is 0 Å². The van der Waals surface area contributed by atoms with Crippen LogP contribution in [0.5, 0.6) is 11.5 Å². The van der Waals surface area contributed by atoms with E-state index in [1.54, 1.807) is 7.11 Å². The molecule has 2 aliphatic heterocycles. The zero-order valence-electron chi connectivity index (χ0n) is 13.2. The Morgan fingerprint density at radius 1 is 1.36 bits per heavy atom. The molecular weight excluding hydrogens is 278 g/mol. The number of hydrogen-bond acceptors (Lipinski definition) is 4. The molecule has 2 unspecified atom stereocenters. The molecule has 1 spiro atoms. The average molecular weight is 301 g/mol. The fraction of sp³-hybridized carbons (Fsp3) is 0.667. The summed E-state index contributed by atoms with van der Waals surface area (Å²) in [6.07, 6.45) is 3.69. The number of aliphatic hydroxyl groups excluding tert-OH is 1. The second-order valence-corrected chi connectivity index (χ2v) is 7.46. The van der Waals surface area contributed by atoms with Gasteiger partial charge in [-0.1, -0.05) is 6.07 Å². The first kappa shape index (κ1) is 13.2. The molecule has 2 aliphatic carbocycles. The van der Waals surface area contributed by atoms with E-state index in [1.165, 1.54) is 11.1 Å². The fourth-order valence-corrected chi connectivity index (χ4v) is 5.86. The molecule has 0 radical (unpaired) electrons. The van der Waals surface area contributed by atoms with E-state index in [2.05, 4.69) is 18.0 Å². The average Bonchev–Trinajstić information content (AvgIpc) is 2.88. The number of hydrogen-bond donors (Lipinski definition) is 1. The number of piperidine rings is 1. The summed E-state index contributed by atoms with van der Waals surface area (Å²) in [5.41, 5.74) is 2.77. The lowest BCUT2D eigenvalue weighted by Crippen LogP contribution is -2.66. The van der Waals surface area contributed by atoms with E-state index in [0.29, 0.717) is 12.0 Å². The maximum Gasteiger partial charge on any atom is 0.165 e. The SMILES string of the molecule is COc1ccc2c3c1O[C@H]1[C@@H](O)CCC4C(C2)N(C)CC[C@@]341. The van der Waals surface area contributed by atoms with E-state index in [-0.39, 0.29) is 17.6 Å². The Kier molecular flexibility index (Phi) is 2.51. The summed E-state index contributed by atoms with van der Waals surface area (Å²) in [6.45, 7) is 1.09. The molecule has 4 heteroatoms. The maximum atomic E-state index is 10.6. The zero-order chi connectivity index (χ0) is 15.1. The van der Waals surface area contributed by atoms with Crippen molar-refractivity contribution in [2.45, 2.75) is 49.3 Å². The second-order valence-electron chi connectivity index (χ2n) is 7.46. The third kappa shape index (κ3) is 1.32. The van der Waals surface area contributed by atoms with Gasteiger partial charge in [-0.25, -0.2) is 0 Å². The summed E-state index contributed by atoms with van der Waals surface area (Å²) < 4.78 is 11.9. The summed E-state index contributed by atoms with van der Waals surface area (Å²) in [4.78, 5) is 2.52. The monoisotopic (exact) mass is 301 g/mol. The third-order valence-electron chi connectivity index (χ3n) is 6.77. The molecule has 0 amide bonds. The van der Waals surface area contributed by atoms with Gasteiger partial charge in [0.2, 0.25) is 0 Å². The Hall–Kier alpha value is -1.26. The van der Waals surface area contributed by atoms with Gasteiger partial charge in [-0.2, -0.15) is 0 Å². The largest absolute Gasteiger partial charge is 0.493 e. The molecule has 1 N–H and O–H groups in total. The van der Waals surface area contributed by atoms with Gasteiger partial charge in [-0.3, -0.25) is 0 Å². The van der Waals surface area contributed by atoms with Crippen molar-refractivity contribution in [3.05, 3.63) is 23.3 Å². The smallest absolute Gasteiger partial charge is 0.165 e. The lowest BCUT2D eigenvalue weighted by atomic mass is 9.51. The topological polar surface area (TPSA) is 41.9 Å². The third-order valence-corrected chi connectivity index (χ3v) is 6.77. The first-order chi connectivity index (χ1) is 10.7. The van der Waals surface area contributed by atoms with Gasteiger partial charge in [-0.05, 0) is 56.8 Å². The van der Waals surface area contributed by atoms with Gasteiger partial charge in [0.1, 0.15) is 6.10 Å². The van der Waals surface area contributed by atoms with E-state index in [1.807, 2.05) is 6.07 Å². The molecule has 2 heterocycles. The van der Waals surface area contributed by atoms with Gasteiger partial charge in [0.15, 0.2) is 11.5 Å². The Balaban J connectivity index is 1.80. The van der Waals surface area contributed by atoms with Gasteiger partial charge in [-0.15, -0.1) is 0 Å². The minimum atomic E-state index is -0.358. The molecule has 1 aromatic rings. The normalized spacial score (nSPS) is 41.8. The Bertz CT molecular complexity index is 645. The number of ether oxygens (including phenoxy) is 2. The van der Waals surface area contributed by atoms with Gasteiger partial charge in [0, 0.05) is 17.0 Å². The lowest BCUT2D eigenvalue weighted by Gasteiger charge is -2.58. The van der Waals surface area contributed by atoms with Crippen molar-refractivity contribution >= 4 is 0 Å². The van der Waals surface area contributed by atoms with Crippen molar-refractivity contribution in [2.75, 3.05) is 20.7 Å². The highest BCUT2D eigenvalue weighted by Gasteiger charge is 2.65. The van der Waals surface area contributed by atoms with Crippen molar-refractivity contribution in [1.29, 1.82) is 0 Å². The molecule has 118 valence electrons. The van der Waals surface area contributed by atoms with Crippen LogP contribution in [0.3, 0.4) is 0 Å². The number of aliphatic hydroxyl groups is 1. The molecule has 2 bridgehead atoms. The maximum absolute atomic E-state index is 10.6. The molecule has 1 saturated heterocycles. The molecule has 22 heavy (non-hydrogen) atoms. The molecule has 1 aromatic carbocycles. The predicted octanol–water partition coefficient (Wildman–Crippen LogP) is 1.73. The van der Waals surface area contributed by atoms with E-state index < -0.39 is 0 Å². The molecular formula is C18H23NO3. The molecule has 5 rings (SSSR count). The van der Waals surface area contributed by atoms with Crippen molar-refractivity contribution in [3.63, 3.8) is 0 Å². The number of rotatable bonds is 1. The molecule has 5 atom stereocenters. The highest BCUT2D eigenvalue weighted by Crippen LogP contribution is 2.63. The number of likely N-dealkylation sites (tertiary alicyclic amines) is 1. The summed E-state index contributed by atoms with van der Waals surface area (Å²) in [5.74, 6) is 2.34. The number of nitrogens with zero attached hydrogens (tertiary/aromatic N) is 1. The molecule has 4 aliphatic rings. The minimum Gasteiger partial charge on any atom is -0.493 e. The Labute approximate surface area is 131 Å². The molecule has 2 fully saturated rings. The van der Waals surface area contributed by atoms with Crippen molar-refractivity contribution < 1.29 is 14.6 Å². The van der Waals surface area contributed by atoms with E-state index in [0.717, 1.165) is 43.7 Å². The first-order valence-corrected chi connectivity index (χ1v) is 8.42. The van der Waals surface area contributed by atoms with Crippen LogP contribution in [0.15, 0.2) is 12.1 Å². The van der Waals surface area contributed by atoms with E-state index in [9.17, 15) is 5.11 Å². The van der Waals surface area contributed by atoms with Gasteiger partial charge >= 0.3 is 0 Å². The summed E-state index contributed by atoms with van der Waals surface area (Å²) in [6, 6.07) is 4.83. The summed E-state index contributed by atoms with van der Waals surface area (Å²) in [7, 11) is 3.96.